The van der Waals surface area contributed by atoms with Gasteiger partial charge in [-0.2, -0.15) is 11.8 Å². The Labute approximate surface area is 94.2 Å². The second-order valence-electron chi connectivity index (χ2n) is 2.98. The highest BCUT2D eigenvalue weighted by molar-refractivity contribution is 7.98. The zero-order chi connectivity index (χ0) is 10.4. The van der Waals surface area contributed by atoms with Gasteiger partial charge >= 0.3 is 0 Å². The van der Waals surface area contributed by atoms with Crippen LogP contribution in [0.15, 0.2) is 18.2 Å². The van der Waals surface area contributed by atoms with Crippen LogP contribution in [0.2, 0.25) is 5.02 Å². The van der Waals surface area contributed by atoms with Crippen LogP contribution < -0.4 is 11.1 Å². The normalized spacial score (nSPS) is 10.1. The molecule has 14 heavy (non-hydrogen) atoms. The van der Waals surface area contributed by atoms with E-state index in [0.29, 0.717) is 10.7 Å². The van der Waals surface area contributed by atoms with E-state index in [9.17, 15) is 0 Å². The maximum atomic E-state index is 5.99. The lowest BCUT2D eigenvalue weighted by Gasteiger charge is -2.10. The summed E-state index contributed by atoms with van der Waals surface area (Å²) in [6.45, 7) is 0.911. The standard InChI is InChI=1S/C10H15ClN2S/c1-14-7-3-6-13-10-8(11)4-2-5-9(10)12/h2,4-5,13H,3,6-7,12H2,1H3. The first-order valence-corrected chi connectivity index (χ1v) is 6.29. The molecule has 0 aliphatic carbocycles. The van der Waals surface area contributed by atoms with E-state index in [4.69, 9.17) is 17.3 Å². The maximum Gasteiger partial charge on any atom is 0.0763 e. The molecule has 0 saturated heterocycles. The van der Waals surface area contributed by atoms with E-state index in [1.54, 1.807) is 0 Å². The molecule has 0 heterocycles. The van der Waals surface area contributed by atoms with Gasteiger partial charge in [-0.25, -0.2) is 0 Å². The zero-order valence-electron chi connectivity index (χ0n) is 8.22. The lowest BCUT2D eigenvalue weighted by molar-refractivity contribution is 0.994. The Morgan fingerprint density at radius 1 is 1.50 bits per heavy atom. The van der Waals surface area contributed by atoms with Gasteiger partial charge in [-0.15, -0.1) is 0 Å². The zero-order valence-corrected chi connectivity index (χ0v) is 9.79. The smallest absolute Gasteiger partial charge is 0.0763 e. The van der Waals surface area contributed by atoms with Gasteiger partial charge in [0.15, 0.2) is 0 Å². The van der Waals surface area contributed by atoms with Gasteiger partial charge in [-0.3, -0.25) is 0 Å². The summed E-state index contributed by atoms with van der Waals surface area (Å²) in [6, 6.07) is 5.54. The van der Waals surface area contributed by atoms with Gasteiger partial charge in [0.05, 0.1) is 16.4 Å². The summed E-state index contributed by atoms with van der Waals surface area (Å²) in [4.78, 5) is 0. The molecule has 78 valence electrons. The van der Waals surface area contributed by atoms with E-state index in [0.717, 1.165) is 24.4 Å². The largest absolute Gasteiger partial charge is 0.397 e. The van der Waals surface area contributed by atoms with Gasteiger partial charge in [0.25, 0.3) is 0 Å². The molecule has 0 radical (unpaired) electrons. The Kier molecular flexibility index (Phi) is 4.98. The summed E-state index contributed by atoms with van der Waals surface area (Å²) < 4.78 is 0. The van der Waals surface area contributed by atoms with Crippen LogP contribution in [-0.4, -0.2) is 18.6 Å². The number of hydrogen-bond donors (Lipinski definition) is 2. The van der Waals surface area contributed by atoms with Crippen LogP contribution in [0.1, 0.15) is 6.42 Å². The van der Waals surface area contributed by atoms with E-state index in [1.165, 1.54) is 0 Å². The molecule has 1 aromatic carbocycles. The van der Waals surface area contributed by atoms with Crippen molar-refractivity contribution in [2.24, 2.45) is 0 Å². The summed E-state index contributed by atoms with van der Waals surface area (Å²) in [7, 11) is 0. The predicted octanol–water partition coefficient (Wildman–Crippen LogP) is 3.09. The van der Waals surface area contributed by atoms with E-state index in [2.05, 4.69) is 11.6 Å². The Morgan fingerprint density at radius 2 is 2.29 bits per heavy atom. The third kappa shape index (κ3) is 3.31. The first-order chi connectivity index (χ1) is 6.75. The van der Waals surface area contributed by atoms with Crippen molar-refractivity contribution < 1.29 is 0 Å². The Bertz CT molecular complexity index is 271. The first-order valence-electron chi connectivity index (χ1n) is 4.52. The third-order valence-electron chi connectivity index (χ3n) is 1.87. The van der Waals surface area contributed by atoms with Crippen molar-refractivity contribution in [2.75, 3.05) is 29.6 Å². The van der Waals surface area contributed by atoms with Gasteiger partial charge in [0.2, 0.25) is 0 Å². The second kappa shape index (κ2) is 6.04. The number of anilines is 2. The Balaban J connectivity index is 2.49. The number of halogens is 1. The van der Waals surface area contributed by atoms with Gasteiger partial charge in [-0.1, -0.05) is 17.7 Å². The van der Waals surface area contributed by atoms with E-state index in [-0.39, 0.29) is 0 Å². The number of benzene rings is 1. The number of rotatable bonds is 5. The number of nitrogens with two attached hydrogens (primary N) is 1. The van der Waals surface area contributed by atoms with Crippen LogP contribution in [0.3, 0.4) is 0 Å². The average Bonchev–Trinajstić information content (AvgIpc) is 2.16. The molecule has 0 unspecified atom stereocenters. The Hall–Kier alpha value is -0.540. The fourth-order valence-electron chi connectivity index (χ4n) is 1.16. The maximum absolute atomic E-state index is 5.99. The van der Waals surface area contributed by atoms with Crippen LogP contribution in [0, 0.1) is 0 Å². The van der Waals surface area contributed by atoms with Gasteiger partial charge in [0.1, 0.15) is 0 Å². The van der Waals surface area contributed by atoms with Crippen molar-refractivity contribution in [3.05, 3.63) is 23.2 Å². The monoisotopic (exact) mass is 230 g/mol. The Morgan fingerprint density at radius 3 is 2.93 bits per heavy atom. The molecule has 1 rings (SSSR count). The lowest BCUT2D eigenvalue weighted by atomic mass is 10.2. The van der Waals surface area contributed by atoms with E-state index >= 15 is 0 Å². The fourth-order valence-corrected chi connectivity index (χ4v) is 1.84. The molecule has 0 aliphatic heterocycles. The molecule has 0 saturated carbocycles. The summed E-state index contributed by atoms with van der Waals surface area (Å²) in [5.41, 5.74) is 7.35. The SMILES string of the molecule is CSCCCNc1c(N)cccc1Cl. The van der Waals surface area contributed by atoms with Crippen molar-refractivity contribution in [2.45, 2.75) is 6.42 Å². The molecule has 1 aromatic rings. The first kappa shape index (κ1) is 11.5. The summed E-state index contributed by atoms with van der Waals surface area (Å²) in [6.07, 6.45) is 3.22. The van der Waals surface area contributed by atoms with Gasteiger partial charge in [0, 0.05) is 6.54 Å². The molecule has 0 spiro atoms. The molecule has 0 atom stereocenters. The fraction of sp³-hybridized carbons (Fsp3) is 0.400. The molecular weight excluding hydrogens is 216 g/mol. The third-order valence-corrected chi connectivity index (χ3v) is 2.88. The van der Waals surface area contributed by atoms with Crippen molar-refractivity contribution in [1.29, 1.82) is 0 Å². The van der Waals surface area contributed by atoms with Gasteiger partial charge in [-0.05, 0) is 30.6 Å². The van der Waals surface area contributed by atoms with Crippen LogP contribution in [-0.2, 0) is 0 Å². The molecule has 0 fully saturated rings. The molecule has 0 amide bonds. The van der Waals surface area contributed by atoms with Crippen molar-refractivity contribution >= 4 is 34.7 Å². The number of hydrogen-bond acceptors (Lipinski definition) is 3. The van der Waals surface area contributed by atoms with Crippen LogP contribution in [0.4, 0.5) is 11.4 Å². The second-order valence-corrected chi connectivity index (χ2v) is 4.37. The highest BCUT2D eigenvalue weighted by Gasteiger charge is 2.02. The van der Waals surface area contributed by atoms with E-state index < -0.39 is 0 Å². The predicted molar refractivity (Wildman–Crippen MR) is 67.4 cm³/mol. The van der Waals surface area contributed by atoms with Crippen molar-refractivity contribution in [3.8, 4) is 0 Å². The van der Waals surface area contributed by atoms with Crippen LogP contribution in [0.25, 0.3) is 0 Å². The average molecular weight is 231 g/mol. The molecule has 0 bridgehead atoms. The summed E-state index contributed by atoms with van der Waals surface area (Å²) >= 11 is 7.84. The quantitative estimate of drug-likeness (QED) is 0.603. The topological polar surface area (TPSA) is 38.0 Å². The summed E-state index contributed by atoms with van der Waals surface area (Å²) in [5.74, 6) is 1.15. The molecule has 3 N–H and O–H groups in total. The highest BCUT2D eigenvalue weighted by Crippen LogP contribution is 2.27. The summed E-state index contributed by atoms with van der Waals surface area (Å²) in [5, 5.41) is 3.93. The molecule has 2 nitrogen and oxygen atoms in total. The molecule has 0 aliphatic rings. The van der Waals surface area contributed by atoms with Crippen molar-refractivity contribution in [1.82, 2.24) is 0 Å². The number of thioether (sulfide) groups is 1. The van der Waals surface area contributed by atoms with Crippen LogP contribution >= 0.6 is 23.4 Å². The van der Waals surface area contributed by atoms with Crippen LogP contribution in [0.5, 0.6) is 0 Å². The highest BCUT2D eigenvalue weighted by atomic mass is 35.5. The van der Waals surface area contributed by atoms with E-state index in [1.807, 2.05) is 30.0 Å². The number of nitrogen functional groups attached to an aromatic ring is 1. The minimum atomic E-state index is 0.689. The van der Waals surface area contributed by atoms with Gasteiger partial charge < -0.3 is 11.1 Å². The molecular formula is C10H15ClN2S. The number of para-hydroxylation sites is 1. The minimum Gasteiger partial charge on any atom is -0.397 e. The lowest BCUT2D eigenvalue weighted by Crippen LogP contribution is -2.05. The molecule has 0 aromatic heterocycles. The number of nitrogens with one attached hydrogen (secondary N) is 1. The molecule has 4 heteroatoms. The van der Waals surface area contributed by atoms with Crippen molar-refractivity contribution in [3.63, 3.8) is 0 Å². The minimum absolute atomic E-state index is 0.689.